The minimum Gasteiger partial charge on any atom is -0.494 e. The van der Waals surface area contributed by atoms with Crippen molar-refractivity contribution >= 4 is 0 Å². The summed E-state index contributed by atoms with van der Waals surface area (Å²) in [5, 5.41) is 8.90. The normalized spacial score (nSPS) is 9.75. The summed E-state index contributed by atoms with van der Waals surface area (Å²) < 4.78 is 1.68. The molecule has 0 bridgehead atoms. The number of hydrogen-bond acceptors (Lipinski definition) is 1. The highest BCUT2D eigenvalue weighted by Gasteiger charge is 1.92. The third-order valence-electron chi connectivity index (χ3n) is 1.12. The second-order valence-corrected chi connectivity index (χ2v) is 1.99. The van der Waals surface area contributed by atoms with Crippen molar-refractivity contribution in [3.05, 3.63) is 17.8 Å². The molecule has 0 amide bonds. The number of nitrogens with zero attached hydrogens (tertiary/aromatic N) is 1. The van der Waals surface area contributed by atoms with E-state index in [-0.39, 0.29) is 0 Å². The molecule has 1 aromatic rings. The number of aromatic nitrogens is 1. The molecule has 0 aromatic carbocycles. The van der Waals surface area contributed by atoms with Gasteiger partial charge in [-0.25, -0.2) is 0 Å². The Morgan fingerprint density at radius 3 is 2.38 bits per heavy atom. The van der Waals surface area contributed by atoms with Gasteiger partial charge in [0.15, 0.2) is 5.88 Å². The monoisotopic (exact) mass is 111 g/mol. The zero-order chi connectivity index (χ0) is 6.15. The topological polar surface area (TPSA) is 25.2 Å². The van der Waals surface area contributed by atoms with Crippen LogP contribution in [-0.2, 0) is 7.05 Å². The lowest BCUT2D eigenvalue weighted by Gasteiger charge is -1.88. The van der Waals surface area contributed by atoms with Gasteiger partial charge in [0.25, 0.3) is 0 Å². The average molecular weight is 111 g/mol. The van der Waals surface area contributed by atoms with Gasteiger partial charge in [-0.05, 0) is 12.5 Å². The van der Waals surface area contributed by atoms with E-state index in [1.165, 1.54) is 0 Å². The maximum Gasteiger partial charge on any atom is 0.190 e. The Balaban J connectivity index is 3.14. The summed E-state index contributed by atoms with van der Waals surface area (Å²) in [5.74, 6) is 0.322. The molecule has 0 unspecified atom stereocenters. The third-order valence-corrected chi connectivity index (χ3v) is 1.12. The molecule has 2 heteroatoms. The van der Waals surface area contributed by atoms with Crippen molar-refractivity contribution in [2.75, 3.05) is 0 Å². The minimum atomic E-state index is 0.322. The van der Waals surface area contributed by atoms with Crippen LogP contribution >= 0.6 is 0 Å². The molecule has 1 aromatic heterocycles. The molecule has 1 rings (SSSR count). The Morgan fingerprint density at radius 1 is 1.62 bits per heavy atom. The van der Waals surface area contributed by atoms with Crippen molar-refractivity contribution in [3.8, 4) is 5.88 Å². The van der Waals surface area contributed by atoms with E-state index in [2.05, 4.69) is 0 Å². The van der Waals surface area contributed by atoms with E-state index in [0.717, 1.165) is 5.56 Å². The van der Waals surface area contributed by atoms with Crippen molar-refractivity contribution in [2.45, 2.75) is 6.92 Å². The summed E-state index contributed by atoms with van der Waals surface area (Å²) >= 11 is 0. The fourth-order valence-corrected chi connectivity index (χ4v) is 0.714. The van der Waals surface area contributed by atoms with Crippen LogP contribution in [0, 0.1) is 6.92 Å². The zero-order valence-corrected chi connectivity index (χ0v) is 5.05. The fraction of sp³-hybridized carbons (Fsp3) is 0.333. The van der Waals surface area contributed by atoms with Crippen LogP contribution in [-0.4, -0.2) is 9.67 Å². The van der Waals surface area contributed by atoms with Gasteiger partial charge in [0.2, 0.25) is 0 Å². The van der Waals surface area contributed by atoms with Gasteiger partial charge in [0.05, 0.1) is 0 Å². The van der Waals surface area contributed by atoms with Crippen LogP contribution in [0.3, 0.4) is 0 Å². The molecule has 8 heavy (non-hydrogen) atoms. The summed E-state index contributed by atoms with van der Waals surface area (Å²) in [4.78, 5) is 0. The van der Waals surface area contributed by atoms with Gasteiger partial charge in [-0.3, -0.25) is 0 Å². The highest BCUT2D eigenvalue weighted by molar-refractivity contribution is 5.19. The number of hydrogen-bond donors (Lipinski definition) is 1. The largest absolute Gasteiger partial charge is 0.494 e. The molecule has 0 aliphatic rings. The lowest BCUT2D eigenvalue weighted by atomic mass is 10.4. The van der Waals surface area contributed by atoms with Crippen LogP contribution in [0.5, 0.6) is 5.88 Å². The summed E-state index contributed by atoms with van der Waals surface area (Å²) in [7, 11) is 1.81. The Morgan fingerprint density at radius 2 is 2.25 bits per heavy atom. The lowest BCUT2D eigenvalue weighted by Crippen LogP contribution is -1.80. The average Bonchev–Trinajstić information content (AvgIpc) is 1.85. The molecular weight excluding hydrogens is 102 g/mol. The molecule has 0 atom stereocenters. The molecule has 2 nitrogen and oxygen atoms in total. The minimum absolute atomic E-state index is 0.322. The Bertz CT molecular complexity index is 171. The summed E-state index contributed by atoms with van der Waals surface area (Å²) in [5.41, 5.74) is 1.09. The maximum atomic E-state index is 8.90. The van der Waals surface area contributed by atoms with Crippen LogP contribution in [0.1, 0.15) is 5.56 Å². The Hall–Kier alpha value is -0.920. The van der Waals surface area contributed by atoms with Crippen molar-refractivity contribution < 1.29 is 5.11 Å². The first-order valence-electron chi connectivity index (χ1n) is 2.52. The van der Waals surface area contributed by atoms with E-state index in [4.69, 9.17) is 5.11 Å². The molecule has 1 N–H and O–H groups in total. The predicted molar refractivity (Wildman–Crippen MR) is 31.8 cm³/mol. The van der Waals surface area contributed by atoms with E-state index in [0.29, 0.717) is 5.88 Å². The van der Waals surface area contributed by atoms with E-state index in [1.807, 2.05) is 20.2 Å². The first kappa shape index (κ1) is 5.22. The van der Waals surface area contributed by atoms with E-state index < -0.39 is 0 Å². The van der Waals surface area contributed by atoms with Crippen LogP contribution in [0.2, 0.25) is 0 Å². The van der Waals surface area contributed by atoms with Crippen molar-refractivity contribution in [1.82, 2.24) is 4.57 Å². The Labute approximate surface area is 48.4 Å². The van der Waals surface area contributed by atoms with Gasteiger partial charge >= 0.3 is 0 Å². The number of aromatic hydroxyl groups is 1. The molecule has 1 heterocycles. The molecule has 0 saturated heterocycles. The molecule has 0 aliphatic carbocycles. The van der Waals surface area contributed by atoms with Gasteiger partial charge in [0.1, 0.15) is 0 Å². The van der Waals surface area contributed by atoms with Gasteiger partial charge < -0.3 is 9.67 Å². The van der Waals surface area contributed by atoms with E-state index >= 15 is 0 Å². The fourth-order valence-electron chi connectivity index (χ4n) is 0.714. The lowest BCUT2D eigenvalue weighted by molar-refractivity contribution is 0.432. The smallest absolute Gasteiger partial charge is 0.190 e. The summed E-state index contributed by atoms with van der Waals surface area (Å²) in [6, 6.07) is 1.72. The van der Waals surface area contributed by atoms with Crippen LogP contribution in [0.4, 0.5) is 0 Å². The molecule has 0 saturated carbocycles. The second kappa shape index (κ2) is 1.54. The van der Waals surface area contributed by atoms with Crippen LogP contribution in [0.25, 0.3) is 0 Å². The predicted octanol–water partition coefficient (Wildman–Crippen LogP) is 1.04. The van der Waals surface area contributed by atoms with Crippen molar-refractivity contribution in [3.63, 3.8) is 0 Å². The van der Waals surface area contributed by atoms with Gasteiger partial charge in [-0.1, -0.05) is 0 Å². The van der Waals surface area contributed by atoms with Crippen molar-refractivity contribution in [2.24, 2.45) is 7.05 Å². The maximum absolute atomic E-state index is 8.90. The summed E-state index contributed by atoms with van der Waals surface area (Å²) in [6.45, 7) is 1.94. The first-order valence-corrected chi connectivity index (χ1v) is 2.52. The third kappa shape index (κ3) is 0.689. The molecule has 0 aliphatic heterocycles. The quantitative estimate of drug-likeness (QED) is 0.531. The molecular formula is C6H9NO. The van der Waals surface area contributed by atoms with Gasteiger partial charge in [-0.15, -0.1) is 0 Å². The second-order valence-electron chi connectivity index (χ2n) is 1.99. The van der Waals surface area contributed by atoms with Crippen LogP contribution in [0.15, 0.2) is 12.3 Å². The van der Waals surface area contributed by atoms with E-state index in [1.54, 1.807) is 10.6 Å². The molecule has 0 fully saturated rings. The summed E-state index contributed by atoms with van der Waals surface area (Å²) in [6.07, 6.45) is 1.87. The van der Waals surface area contributed by atoms with Crippen LogP contribution < -0.4 is 0 Å². The molecule has 0 radical (unpaired) electrons. The number of rotatable bonds is 0. The standard InChI is InChI=1S/C6H9NO/c1-5-3-6(8)7(2)4-5/h3-4,8H,1-2H3. The Kier molecular flexibility index (Phi) is 1.01. The zero-order valence-electron chi connectivity index (χ0n) is 5.05. The SMILES string of the molecule is Cc1cc(O)n(C)c1. The molecule has 0 spiro atoms. The number of aryl methyl sites for hydroxylation is 2. The van der Waals surface area contributed by atoms with Crippen molar-refractivity contribution in [1.29, 1.82) is 0 Å². The highest BCUT2D eigenvalue weighted by atomic mass is 16.3. The van der Waals surface area contributed by atoms with E-state index in [9.17, 15) is 0 Å². The van der Waals surface area contributed by atoms with Gasteiger partial charge in [-0.2, -0.15) is 0 Å². The molecule has 44 valence electrons. The highest BCUT2D eigenvalue weighted by Crippen LogP contribution is 2.10. The first-order chi connectivity index (χ1) is 3.70. The van der Waals surface area contributed by atoms with Gasteiger partial charge in [0, 0.05) is 19.3 Å².